The lowest BCUT2D eigenvalue weighted by molar-refractivity contribution is -0.126. The first kappa shape index (κ1) is 18.2. The normalized spacial score (nSPS) is 18.8. The van der Waals surface area contributed by atoms with Gasteiger partial charge in [0.2, 0.25) is 15.9 Å². The number of rotatable bonds is 4. The monoisotopic (exact) mass is 398 g/mol. The summed E-state index contributed by atoms with van der Waals surface area (Å²) in [6.07, 6.45) is 0. The first-order valence-electron chi connectivity index (χ1n) is 7.64. The van der Waals surface area contributed by atoms with E-state index in [0.717, 1.165) is 0 Å². The molecule has 0 spiro atoms. The van der Waals surface area contributed by atoms with Crippen molar-refractivity contribution in [3.8, 4) is 0 Å². The Labute approximate surface area is 156 Å². The molecule has 2 aromatic carbocycles. The van der Waals surface area contributed by atoms with Gasteiger partial charge in [0.05, 0.1) is 5.75 Å². The number of sulfonamides is 1. The van der Waals surface area contributed by atoms with Crippen molar-refractivity contribution in [3.05, 3.63) is 69.7 Å². The molecule has 0 aromatic heterocycles. The third-order valence-electron chi connectivity index (χ3n) is 3.99. The summed E-state index contributed by atoms with van der Waals surface area (Å²) in [6.45, 7) is 0.452. The Balaban J connectivity index is 1.97. The fourth-order valence-corrected chi connectivity index (χ4v) is 5.03. The van der Waals surface area contributed by atoms with E-state index in [1.165, 1.54) is 4.31 Å². The van der Waals surface area contributed by atoms with Crippen LogP contribution in [0.2, 0.25) is 10.0 Å². The molecule has 5 nitrogen and oxygen atoms in total. The predicted molar refractivity (Wildman–Crippen MR) is 98.0 cm³/mol. The number of carbonyl (C=O) groups excluding carboxylic acids is 1. The maximum Gasteiger partial charge on any atom is 0.243 e. The molecule has 1 aliphatic heterocycles. The fourth-order valence-electron chi connectivity index (χ4n) is 2.83. The van der Waals surface area contributed by atoms with E-state index in [1.807, 2.05) is 0 Å². The molecule has 1 aliphatic rings. The molecule has 3 rings (SSSR count). The maximum atomic E-state index is 13.0. The molecule has 25 heavy (non-hydrogen) atoms. The summed E-state index contributed by atoms with van der Waals surface area (Å²) in [5, 5.41) is 3.54. The third kappa shape index (κ3) is 3.98. The Morgan fingerprint density at radius 3 is 2.60 bits per heavy atom. The molecular weight excluding hydrogens is 383 g/mol. The SMILES string of the molecule is O=C1NCCN(S(=O)(=O)Cc2ccccc2Cl)C1c1cccc(Cl)c1. The fraction of sp³-hybridized carbons (Fsp3) is 0.235. The van der Waals surface area contributed by atoms with Crippen LogP contribution in [-0.2, 0) is 20.6 Å². The van der Waals surface area contributed by atoms with Crippen LogP contribution in [0.3, 0.4) is 0 Å². The topological polar surface area (TPSA) is 66.5 Å². The summed E-state index contributed by atoms with van der Waals surface area (Å²) >= 11 is 12.1. The van der Waals surface area contributed by atoms with Crippen molar-refractivity contribution < 1.29 is 13.2 Å². The predicted octanol–water partition coefficient (Wildman–Crippen LogP) is 3.00. The highest BCUT2D eigenvalue weighted by atomic mass is 35.5. The lowest BCUT2D eigenvalue weighted by Crippen LogP contribution is -2.52. The number of nitrogens with zero attached hydrogens (tertiary/aromatic N) is 1. The van der Waals surface area contributed by atoms with Gasteiger partial charge in [-0.05, 0) is 29.3 Å². The van der Waals surface area contributed by atoms with Crippen molar-refractivity contribution >= 4 is 39.1 Å². The first-order chi connectivity index (χ1) is 11.9. The molecule has 0 aliphatic carbocycles. The zero-order chi connectivity index (χ0) is 18.0. The number of hydrogen-bond acceptors (Lipinski definition) is 3. The van der Waals surface area contributed by atoms with Gasteiger partial charge in [-0.2, -0.15) is 4.31 Å². The summed E-state index contributed by atoms with van der Waals surface area (Å²) in [6, 6.07) is 12.5. The van der Waals surface area contributed by atoms with Gasteiger partial charge in [0, 0.05) is 23.1 Å². The molecular formula is C17H16Cl2N2O3S. The van der Waals surface area contributed by atoms with Gasteiger partial charge in [0.15, 0.2) is 0 Å². The van der Waals surface area contributed by atoms with Gasteiger partial charge in [-0.1, -0.05) is 53.5 Å². The maximum absolute atomic E-state index is 13.0. The van der Waals surface area contributed by atoms with Gasteiger partial charge in [-0.15, -0.1) is 0 Å². The van der Waals surface area contributed by atoms with Crippen LogP contribution in [0.5, 0.6) is 0 Å². The second-order valence-electron chi connectivity index (χ2n) is 5.71. The average molecular weight is 399 g/mol. The smallest absolute Gasteiger partial charge is 0.243 e. The van der Waals surface area contributed by atoms with Gasteiger partial charge in [0.25, 0.3) is 0 Å². The Bertz CT molecular complexity index is 902. The molecule has 1 N–H and O–H groups in total. The number of benzene rings is 2. The van der Waals surface area contributed by atoms with Crippen molar-refractivity contribution in [2.24, 2.45) is 0 Å². The first-order valence-corrected chi connectivity index (χ1v) is 10.0. The number of hydrogen-bond donors (Lipinski definition) is 1. The van der Waals surface area contributed by atoms with E-state index >= 15 is 0 Å². The van der Waals surface area contributed by atoms with Gasteiger partial charge in [-0.25, -0.2) is 8.42 Å². The molecule has 1 fully saturated rings. The summed E-state index contributed by atoms with van der Waals surface area (Å²) < 4.78 is 27.2. The van der Waals surface area contributed by atoms with Crippen molar-refractivity contribution in [2.45, 2.75) is 11.8 Å². The zero-order valence-electron chi connectivity index (χ0n) is 13.2. The highest BCUT2D eigenvalue weighted by molar-refractivity contribution is 7.88. The molecule has 0 radical (unpaired) electrons. The van der Waals surface area contributed by atoms with Gasteiger partial charge < -0.3 is 5.32 Å². The van der Waals surface area contributed by atoms with Crippen LogP contribution >= 0.6 is 23.2 Å². The standard InChI is InChI=1S/C17H16Cl2N2O3S/c18-14-6-3-5-12(10-14)16-17(22)20-8-9-21(16)25(23,24)11-13-4-1-2-7-15(13)19/h1-7,10,16H,8-9,11H2,(H,20,22). The van der Waals surface area contributed by atoms with Crippen LogP contribution < -0.4 is 5.32 Å². The molecule has 1 unspecified atom stereocenters. The van der Waals surface area contributed by atoms with E-state index in [0.29, 0.717) is 21.2 Å². The van der Waals surface area contributed by atoms with Crippen LogP contribution in [0, 0.1) is 0 Å². The zero-order valence-corrected chi connectivity index (χ0v) is 15.5. The van der Waals surface area contributed by atoms with Crippen LogP contribution in [0.15, 0.2) is 48.5 Å². The van der Waals surface area contributed by atoms with E-state index in [1.54, 1.807) is 48.5 Å². The molecule has 1 atom stereocenters. The van der Waals surface area contributed by atoms with E-state index in [4.69, 9.17) is 23.2 Å². The number of halogens is 2. The Morgan fingerprint density at radius 1 is 1.12 bits per heavy atom. The van der Waals surface area contributed by atoms with E-state index in [2.05, 4.69) is 5.32 Å². The summed E-state index contributed by atoms with van der Waals surface area (Å²) in [7, 11) is -3.76. The molecule has 1 amide bonds. The highest BCUT2D eigenvalue weighted by Gasteiger charge is 2.38. The van der Waals surface area contributed by atoms with E-state index in [9.17, 15) is 13.2 Å². The Morgan fingerprint density at radius 2 is 1.88 bits per heavy atom. The molecule has 0 saturated carbocycles. The molecule has 2 aromatic rings. The molecule has 1 saturated heterocycles. The van der Waals surface area contributed by atoms with Crippen molar-refractivity contribution in [2.75, 3.05) is 13.1 Å². The minimum Gasteiger partial charge on any atom is -0.353 e. The average Bonchev–Trinajstić information content (AvgIpc) is 2.56. The quantitative estimate of drug-likeness (QED) is 0.860. The van der Waals surface area contributed by atoms with Crippen LogP contribution in [0.25, 0.3) is 0 Å². The highest BCUT2D eigenvalue weighted by Crippen LogP contribution is 2.30. The molecule has 132 valence electrons. The van der Waals surface area contributed by atoms with Crippen LogP contribution in [0.4, 0.5) is 0 Å². The molecule has 0 bridgehead atoms. The molecule has 8 heteroatoms. The van der Waals surface area contributed by atoms with Gasteiger partial charge in [0.1, 0.15) is 6.04 Å². The lowest BCUT2D eigenvalue weighted by Gasteiger charge is -2.34. The van der Waals surface area contributed by atoms with Gasteiger partial charge >= 0.3 is 0 Å². The minimum absolute atomic E-state index is 0.190. The van der Waals surface area contributed by atoms with Crippen molar-refractivity contribution in [3.63, 3.8) is 0 Å². The van der Waals surface area contributed by atoms with Crippen LogP contribution in [-0.4, -0.2) is 31.7 Å². The summed E-state index contributed by atoms with van der Waals surface area (Å²) in [5.41, 5.74) is 1.03. The minimum atomic E-state index is -3.76. The van der Waals surface area contributed by atoms with Crippen molar-refractivity contribution in [1.29, 1.82) is 0 Å². The van der Waals surface area contributed by atoms with E-state index < -0.39 is 16.1 Å². The van der Waals surface area contributed by atoms with Crippen molar-refractivity contribution in [1.82, 2.24) is 9.62 Å². The lowest BCUT2D eigenvalue weighted by atomic mass is 10.0. The molecule has 1 heterocycles. The summed E-state index contributed by atoms with van der Waals surface area (Å²) in [4.78, 5) is 12.4. The second-order valence-corrected chi connectivity index (χ2v) is 8.47. The van der Waals surface area contributed by atoms with Crippen LogP contribution in [0.1, 0.15) is 17.2 Å². The number of piperazine rings is 1. The Kier molecular flexibility index (Phi) is 5.34. The van der Waals surface area contributed by atoms with Gasteiger partial charge in [-0.3, -0.25) is 4.79 Å². The largest absolute Gasteiger partial charge is 0.353 e. The summed E-state index contributed by atoms with van der Waals surface area (Å²) in [5.74, 6) is -0.631. The number of amides is 1. The number of carbonyl (C=O) groups is 1. The van der Waals surface area contributed by atoms with E-state index in [-0.39, 0.29) is 24.7 Å². The Hall–Kier alpha value is -1.60. The number of nitrogens with one attached hydrogen (secondary N) is 1. The third-order valence-corrected chi connectivity index (χ3v) is 6.37. The second kappa shape index (κ2) is 7.33.